The van der Waals surface area contributed by atoms with Crippen molar-refractivity contribution >= 4 is 0 Å². The highest BCUT2D eigenvalue weighted by Gasteiger charge is 1.92. The minimum atomic E-state index is -0.746. The highest BCUT2D eigenvalue weighted by Crippen LogP contribution is 2.05. The van der Waals surface area contributed by atoms with Crippen LogP contribution in [0.15, 0.2) is 24.8 Å². The summed E-state index contributed by atoms with van der Waals surface area (Å²) in [5.74, 6) is 10.7. The number of ether oxygens (including phenoxy) is 1. The van der Waals surface area contributed by atoms with Gasteiger partial charge in [-0.15, -0.1) is 0 Å². The van der Waals surface area contributed by atoms with E-state index in [2.05, 4.69) is 37.2 Å². The van der Waals surface area contributed by atoms with Gasteiger partial charge in [0.1, 0.15) is 12.2 Å². The third-order valence-electron chi connectivity index (χ3n) is 2.76. The maximum Gasteiger partial charge on any atom is 0.136 e. The molecular weight excluding hydrogens is 248 g/mol. The lowest BCUT2D eigenvalue weighted by Gasteiger charge is -1.97. The van der Waals surface area contributed by atoms with Crippen LogP contribution in [0.4, 0.5) is 0 Å². The van der Waals surface area contributed by atoms with Gasteiger partial charge in [-0.05, 0) is 30.8 Å². The largest absolute Gasteiger partial charge is 0.377 e. The van der Waals surface area contributed by atoms with E-state index < -0.39 is 6.10 Å². The van der Waals surface area contributed by atoms with E-state index in [0.717, 1.165) is 6.42 Å². The summed E-state index contributed by atoms with van der Waals surface area (Å²) < 4.78 is 4.99. The van der Waals surface area contributed by atoms with Crippen molar-refractivity contribution in [1.82, 2.24) is 0 Å². The Morgan fingerprint density at radius 3 is 2.50 bits per heavy atom. The lowest BCUT2D eigenvalue weighted by molar-refractivity contribution is 0.185. The molecule has 0 aliphatic carbocycles. The fourth-order valence-electron chi connectivity index (χ4n) is 1.57. The Bertz CT molecular complexity index is 387. The van der Waals surface area contributed by atoms with Crippen LogP contribution in [0, 0.1) is 23.7 Å². The van der Waals surface area contributed by atoms with Crippen molar-refractivity contribution in [2.24, 2.45) is 0 Å². The molecule has 0 saturated carbocycles. The summed E-state index contributed by atoms with van der Waals surface area (Å²) in [6.07, 6.45) is 11.5. The topological polar surface area (TPSA) is 29.5 Å². The van der Waals surface area contributed by atoms with Crippen LogP contribution < -0.4 is 0 Å². The van der Waals surface area contributed by atoms with Crippen LogP contribution in [0.1, 0.15) is 45.4 Å². The molecule has 0 rings (SSSR count). The molecule has 0 radical (unpaired) electrons. The molecule has 0 fully saturated rings. The minimum Gasteiger partial charge on any atom is -0.377 e. The Balaban J connectivity index is 3.87. The van der Waals surface area contributed by atoms with Crippen LogP contribution in [0.3, 0.4) is 0 Å². The van der Waals surface area contributed by atoms with Gasteiger partial charge < -0.3 is 9.84 Å². The molecule has 1 N–H and O–H groups in total. The maximum absolute atomic E-state index is 9.59. The van der Waals surface area contributed by atoms with E-state index in [-0.39, 0.29) is 6.10 Å². The summed E-state index contributed by atoms with van der Waals surface area (Å²) in [7, 11) is 1.56. The molecule has 0 saturated heterocycles. The molecular formula is C18H26O2. The Labute approximate surface area is 123 Å². The first-order valence-corrected chi connectivity index (χ1v) is 7.25. The molecule has 0 amide bonds. The Kier molecular flexibility index (Phi) is 12.9. The van der Waals surface area contributed by atoms with Gasteiger partial charge in [0.05, 0.1) is 0 Å². The molecule has 0 aromatic carbocycles. The zero-order valence-electron chi connectivity index (χ0n) is 12.7. The zero-order valence-corrected chi connectivity index (χ0v) is 12.7. The molecule has 2 atom stereocenters. The maximum atomic E-state index is 9.59. The first-order valence-electron chi connectivity index (χ1n) is 7.25. The fourth-order valence-corrected chi connectivity index (χ4v) is 1.57. The predicted molar refractivity (Wildman–Crippen MR) is 85.1 cm³/mol. The third-order valence-corrected chi connectivity index (χ3v) is 2.76. The van der Waals surface area contributed by atoms with Crippen molar-refractivity contribution in [3.05, 3.63) is 24.8 Å². The molecule has 0 aliphatic rings. The van der Waals surface area contributed by atoms with Gasteiger partial charge in [0, 0.05) is 7.11 Å². The van der Waals surface area contributed by atoms with E-state index in [0.29, 0.717) is 0 Å². The lowest BCUT2D eigenvalue weighted by Crippen LogP contribution is -2.01. The predicted octanol–water partition coefficient (Wildman–Crippen LogP) is 3.47. The normalized spacial score (nSPS) is 12.9. The summed E-state index contributed by atoms with van der Waals surface area (Å²) in [4.78, 5) is 0. The molecule has 110 valence electrons. The monoisotopic (exact) mass is 274 g/mol. The quantitative estimate of drug-likeness (QED) is 0.396. The lowest BCUT2D eigenvalue weighted by atomic mass is 10.1. The molecule has 0 bridgehead atoms. The van der Waals surface area contributed by atoms with Crippen LogP contribution in [0.25, 0.3) is 0 Å². The standard InChI is InChI=1S/C18H26O2/c1-4-6-7-8-9-10-11-14-17(19)15-12-13-16-18(5-2)20-3/h5,11,14,17-19H,2,4,6-10H2,1,3H3/t17-,18+/m0/s1. The van der Waals surface area contributed by atoms with Gasteiger partial charge >= 0.3 is 0 Å². The average molecular weight is 274 g/mol. The number of rotatable bonds is 9. The van der Waals surface area contributed by atoms with Crippen LogP contribution in [0.2, 0.25) is 0 Å². The van der Waals surface area contributed by atoms with E-state index >= 15 is 0 Å². The molecule has 0 heterocycles. The second kappa shape index (κ2) is 13.9. The average Bonchev–Trinajstić information content (AvgIpc) is 2.46. The second-order valence-corrected chi connectivity index (χ2v) is 4.51. The third kappa shape index (κ3) is 11.6. The van der Waals surface area contributed by atoms with Gasteiger partial charge in [-0.1, -0.05) is 63.2 Å². The summed E-state index contributed by atoms with van der Waals surface area (Å²) in [5, 5.41) is 9.59. The first kappa shape index (κ1) is 18.5. The number of methoxy groups -OCH3 is 1. The highest BCUT2D eigenvalue weighted by atomic mass is 16.5. The Morgan fingerprint density at radius 2 is 1.85 bits per heavy atom. The number of hydrogen-bond acceptors (Lipinski definition) is 2. The van der Waals surface area contributed by atoms with E-state index in [1.54, 1.807) is 19.3 Å². The van der Waals surface area contributed by atoms with Gasteiger partial charge in [-0.3, -0.25) is 0 Å². The molecule has 2 nitrogen and oxygen atoms in total. The van der Waals surface area contributed by atoms with Crippen LogP contribution in [-0.2, 0) is 4.74 Å². The molecule has 20 heavy (non-hydrogen) atoms. The number of aliphatic hydroxyl groups excluding tert-OH is 1. The van der Waals surface area contributed by atoms with E-state index in [4.69, 9.17) is 4.74 Å². The zero-order chi connectivity index (χ0) is 15.1. The SMILES string of the molecule is C=C[C@H](C#CC#C[C@@H](O)C=CCCCCCCC)OC. The molecule has 0 spiro atoms. The van der Waals surface area contributed by atoms with Crippen molar-refractivity contribution < 1.29 is 9.84 Å². The van der Waals surface area contributed by atoms with E-state index in [1.807, 2.05) is 6.08 Å². The second-order valence-electron chi connectivity index (χ2n) is 4.51. The molecule has 0 aromatic heterocycles. The van der Waals surface area contributed by atoms with E-state index in [1.165, 1.54) is 32.1 Å². The molecule has 0 aromatic rings. The van der Waals surface area contributed by atoms with Crippen LogP contribution in [-0.4, -0.2) is 24.4 Å². The number of hydrogen-bond donors (Lipinski definition) is 1. The Hall–Kier alpha value is -1.48. The smallest absolute Gasteiger partial charge is 0.136 e. The van der Waals surface area contributed by atoms with Crippen LogP contribution in [0.5, 0.6) is 0 Å². The van der Waals surface area contributed by atoms with Crippen molar-refractivity contribution in [1.29, 1.82) is 0 Å². The van der Waals surface area contributed by atoms with Gasteiger partial charge in [0.2, 0.25) is 0 Å². The van der Waals surface area contributed by atoms with E-state index in [9.17, 15) is 5.11 Å². The van der Waals surface area contributed by atoms with Crippen molar-refractivity contribution in [2.75, 3.05) is 7.11 Å². The Morgan fingerprint density at radius 1 is 1.15 bits per heavy atom. The minimum absolute atomic E-state index is 0.305. The van der Waals surface area contributed by atoms with Crippen molar-refractivity contribution in [3.63, 3.8) is 0 Å². The molecule has 2 heteroatoms. The fraction of sp³-hybridized carbons (Fsp3) is 0.556. The van der Waals surface area contributed by atoms with Crippen LogP contribution >= 0.6 is 0 Å². The molecule has 0 aliphatic heterocycles. The summed E-state index contributed by atoms with van der Waals surface area (Å²) in [6.45, 7) is 5.80. The summed E-state index contributed by atoms with van der Waals surface area (Å²) >= 11 is 0. The number of unbranched alkanes of at least 4 members (excludes halogenated alkanes) is 5. The van der Waals surface area contributed by atoms with Gasteiger partial charge in [0.15, 0.2) is 0 Å². The van der Waals surface area contributed by atoms with Crippen molar-refractivity contribution in [3.8, 4) is 23.7 Å². The number of aliphatic hydroxyl groups is 1. The van der Waals surface area contributed by atoms with Gasteiger partial charge in [-0.25, -0.2) is 0 Å². The summed E-state index contributed by atoms with van der Waals surface area (Å²) in [6, 6.07) is 0. The van der Waals surface area contributed by atoms with Crippen molar-refractivity contribution in [2.45, 2.75) is 57.7 Å². The van der Waals surface area contributed by atoms with Gasteiger partial charge in [-0.2, -0.15) is 0 Å². The van der Waals surface area contributed by atoms with Gasteiger partial charge in [0.25, 0.3) is 0 Å². The highest BCUT2D eigenvalue weighted by molar-refractivity contribution is 5.31. The molecule has 0 unspecified atom stereocenters. The number of allylic oxidation sites excluding steroid dienone is 1. The summed E-state index contributed by atoms with van der Waals surface area (Å²) in [5.41, 5.74) is 0. The first-order chi connectivity index (χ1) is 9.74.